The Bertz CT molecular complexity index is 519. The largest absolute Gasteiger partial charge is 0.477 e. The number of aliphatic carboxylic acids is 1. The van der Waals surface area contributed by atoms with Crippen LogP contribution in [0, 0.1) is 6.92 Å². The van der Waals surface area contributed by atoms with E-state index in [9.17, 15) is 9.59 Å². The number of aliphatic imine (C=N–C) groups is 1. The molecule has 1 atom stereocenters. The molecular weight excluding hydrogens is 246 g/mol. The van der Waals surface area contributed by atoms with Gasteiger partial charge in [0.05, 0.1) is 12.0 Å². The zero-order valence-electron chi connectivity index (χ0n) is 8.90. The van der Waals surface area contributed by atoms with Crippen molar-refractivity contribution in [2.75, 3.05) is 0 Å². The number of aryl methyl sites for hydroxylation is 1. The number of imidazole rings is 1. The van der Waals surface area contributed by atoms with Gasteiger partial charge in [0.25, 0.3) is 5.91 Å². The van der Waals surface area contributed by atoms with Crippen LogP contribution in [0.5, 0.6) is 0 Å². The molecule has 7 heteroatoms. The smallest absolute Gasteiger partial charge is 0.354 e. The zero-order valence-corrected chi connectivity index (χ0v) is 9.72. The number of carbonyl (C=O) groups excluding carboxylic acids is 1. The van der Waals surface area contributed by atoms with Crippen molar-refractivity contribution in [3.05, 3.63) is 30.4 Å². The van der Waals surface area contributed by atoms with E-state index in [1.807, 2.05) is 0 Å². The number of dihydropyridines is 1. The van der Waals surface area contributed by atoms with Crippen LogP contribution in [0.4, 0.5) is 0 Å². The van der Waals surface area contributed by atoms with Crippen molar-refractivity contribution in [1.29, 1.82) is 0 Å². The van der Waals surface area contributed by atoms with Crippen LogP contribution in [0.2, 0.25) is 0 Å². The molecule has 17 heavy (non-hydrogen) atoms. The van der Waals surface area contributed by atoms with Gasteiger partial charge in [-0.3, -0.25) is 4.79 Å². The number of carboxylic acid groups (broad SMARTS) is 1. The summed E-state index contributed by atoms with van der Waals surface area (Å²) >= 11 is 0. The highest BCUT2D eigenvalue weighted by Crippen LogP contribution is 2.15. The van der Waals surface area contributed by atoms with E-state index >= 15 is 0 Å². The molecule has 2 heterocycles. The second-order valence-electron chi connectivity index (χ2n) is 3.41. The van der Waals surface area contributed by atoms with Crippen LogP contribution in [-0.2, 0) is 9.59 Å². The summed E-state index contributed by atoms with van der Waals surface area (Å²) in [6.07, 6.45) is 6.04. The first-order chi connectivity index (χ1) is 7.58. The minimum absolute atomic E-state index is 0. The summed E-state index contributed by atoms with van der Waals surface area (Å²) in [5.41, 5.74) is 0.548. The molecular formula is C10H10ClN3O3. The summed E-state index contributed by atoms with van der Waals surface area (Å²) in [5.74, 6) is -1.71. The fourth-order valence-electron chi connectivity index (χ4n) is 1.43. The lowest BCUT2D eigenvalue weighted by Gasteiger charge is -2.13. The highest BCUT2D eigenvalue weighted by atomic mass is 35.5. The number of amides is 1. The van der Waals surface area contributed by atoms with E-state index < -0.39 is 17.9 Å². The maximum atomic E-state index is 11.6. The predicted molar refractivity (Wildman–Crippen MR) is 62.5 cm³/mol. The second-order valence-corrected chi connectivity index (χ2v) is 3.41. The van der Waals surface area contributed by atoms with Gasteiger partial charge in [0.2, 0.25) is 0 Å². The molecule has 0 radical (unpaired) electrons. The number of halogens is 1. The number of carbonyl (C=O) groups is 2. The molecule has 1 aromatic rings. The lowest BCUT2D eigenvalue weighted by Crippen LogP contribution is -2.23. The first-order valence-electron chi connectivity index (χ1n) is 4.62. The normalized spacial score (nSPS) is 18.5. The van der Waals surface area contributed by atoms with Crippen LogP contribution in [0.15, 0.2) is 29.7 Å². The van der Waals surface area contributed by atoms with Crippen molar-refractivity contribution in [2.24, 2.45) is 4.99 Å². The Morgan fingerprint density at radius 1 is 1.53 bits per heavy atom. The average Bonchev–Trinajstić information content (AvgIpc) is 2.64. The zero-order chi connectivity index (χ0) is 11.7. The van der Waals surface area contributed by atoms with Gasteiger partial charge < -0.3 is 9.67 Å². The number of hydrogen-bond donors (Lipinski definition) is 1. The molecule has 6 nitrogen and oxygen atoms in total. The van der Waals surface area contributed by atoms with Gasteiger partial charge >= 0.3 is 5.97 Å². The number of carboxylic acids is 1. The van der Waals surface area contributed by atoms with Crippen molar-refractivity contribution < 1.29 is 14.7 Å². The topological polar surface area (TPSA) is 84.5 Å². The molecule has 1 aliphatic rings. The average molecular weight is 256 g/mol. The molecule has 0 saturated heterocycles. The lowest BCUT2D eigenvalue weighted by atomic mass is 10.1. The molecule has 0 saturated carbocycles. The van der Waals surface area contributed by atoms with Crippen molar-refractivity contribution >= 4 is 30.0 Å². The van der Waals surface area contributed by atoms with E-state index in [4.69, 9.17) is 5.11 Å². The van der Waals surface area contributed by atoms with Crippen molar-refractivity contribution in [2.45, 2.75) is 13.0 Å². The predicted octanol–water partition coefficient (Wildman–Crippen LogP) is 0.776. The fraction of sp³-hybridized carbons (Fsp3) is 0.200. The summed E-state index contributed by atoms with van der Waals surface area (Å²) in [5, 5.41) is 8.66. The number of rotatable bonds is 2. The van der Waals surface area contributed by atoms with Gasteiger partial charge in [-0.1, -0.05) is 0 Å². The molecule has 0 fully saturated rings. The maximum Gasteiger partial charge on any atom is 0.354 e. The standard InChI is InChI=1S/C10H9N3O3.ClH/c1-6-4-13(5-11-6)8-3-2-7(10(15)16)12-9(8)14;/h2-5,8H,1H3,(H,15,16);1H. The van der Waals surface area contributed by atoms with Crippen LogP contribution >= 0.6 is 12.4 Å². The summed E-state index contributed by atoms with van der Waals surface area (Å²) in [7, 11) is 0. The van der Waals surface area contributed by atoms with Gasteiger partial charge in [0.15, 0.2) is 5.71 Å². The molecule has 1 unspecified atom stereocenters. The first-order valence-corrected chi connectivity index (χ1v) is 4.62. The van der Waals surface area contributed by atoms with Gasteiger partial charge in [-0.15, -0.1) is 12.4 Å². The van der Waals surface area contributed by atoms with E-state index in [-0.39, 0.29) is 18.1 Å². The van der Waals surface area contributed by atoms with Gasteiger partial charge in [-0.25, -0.2) is 14.8 Å². The summed E-state index contributed by atoms with van der Waals surface area (Å²) in [4.78, 5) is 29.6. The summed E-state index contributed by atoms with van der Waals surface area (Å²) < 4.78 is 1.59. The van der Waals surface area contributed by atoms with E-state index in [2.05, 4.69) is 9.98 Å². The SMILES string of the molecule is Cc1cn(C2C=CC(C(=O)O)=NC2=O)cn1.Cl. The van der Waals surface area contributed by atoms with Gasteiger partial charge in [0, 0.05) is 6.20 Å². The second kappa shape index (κ2) is 4.92. The van der Waals surface area contributed by atoms with E-state index in [0.29, 0.717) is 0 Å². The molecule has 2 rings (SSSR count). The van der Waals surface area contributed by atoms with Gasteiger partial charge in [-0.05, 0) is 19.1 Å². The Morgan fingerprint density at radius 3 is 2.71 bits per heavy atom. The Balaban J connectivity index is 0.00000144. The summed E-state index contributed by atoms with van der Waals surface area (Å²) in [6.45, 7) is 1.81. The minimum atomic E-state index is -1.20. The number of aromatic nitrogens is 2. The van der Waals surface area contributed by atoms with Gasteiger partial charge in [-0.2, -0.15) is 0 Å². The highest BCUT2D eigenvalue weighted by Gasteiger charge is 2.23. The van der Waals surface area contributed by atoms with Crippen molar-refractivity contribution in [3.63, 3.8) is 0 Å². The fourth-order valence-corrected chi connectivity index (χ4v) is 1.43. The summed E-state index contributed by atoms with van der Waals surface area (Å²) in [6, 6.07) is -0.593. The molecule has 1 aliphatic heterocycles. The molecule has 0 aliphatic carbocycles. The number of hydrogen-bond acceptors (Lipinski definition) is 3. The van der Waals surface area contributed by atoms with Crippen LogP contribution in [0.25, 0.3) is 0 Å². The highest BCUT2D eigenvalue weighted by molar-refractivity contribution is 6.42. The van der Waals surface area contributed by atoms with E-state index in [1.165, 1.54) is 18.5 Å². The molecule has 1 amide bonds. The van der Waals surface area contributed by atoms with Crippen molar-refractivity contribution in [1.82, 2.24) is 9.55 Å². The Morgan fingerprint density at radius 2 is 2.24 bits per heavy atom. The molecule has 0 spiro atoms. The van der Waals surface area contributed by atoms with Crippen LogP contribution in [0.3, 0.4) is 0 Å². The van der Waals surface area contributed by atoms with Crippen LogP contribution < -0.4 is 0 Å². The minimum Gasteiger partial charge on any atom is -0.477 e. The monoisotopic (exact) mass is 255 g/mol. The Hall–Kier alpha value is -1.95. The van der Waals surface area contributed by atoms with Gasteiger partial charge in [0.1, 0.15) is 6.04 Å². The molecule has 1 N–H and O–H groups in total. The molecule has 90 valence electrons. The number of nitrogens with zero attached hydrogens (tertiary/aromatic N) is 3. The van der Waals surface area contributed by atoms with Crippen LogP contribution in [-0.4, -0.2) is 32.2 Å². The molecule has 1 aromatic heterocycles. The Kier molecular flexibility index (Phi) is 3.80. The lowest BCUT2D eigenvalue weighted by molar-refractivity contribution is -0.130. The van der Waals surface area contributed by atoms with E-state index in [1.54, 1.807) is 17.7 Å². The Labute approximate surface area is 103 Å². The van der Waals surface area contributed by atoms with Crippen LogP contribution in [0.1, 0.15) is 11.7 Å². The van der Waals surface area contributed by atoms with E-state index in [0.717, 1.165) is 5.69 Å². The maximum absolute atomic E-state index is 11.6. The van der Waals surface area contributed by atoms with Crippen molar-refractivity contribution in [3.8, 4) is 0 Å². The quantitative estimate of drug-likeness (QED) is 0.846. The third-order valence-corrected chi connectivity index (χ3v) is 2.19. The third kappa shape index (κ3) is 2.59. The molecule has 0 bridgehead atoms. The third-order valence-electron chi connectivity index (χ3n) is 2.19. The molecule has 0 aromatic carbocycles. The first kappa shape index (κ1) is 13.1.